The number of hydrogen-bond donors (Lipinski definition) is 1. The van der Waals surface area contributed by atoms with Crippen molar-refractivity contribution in [3.05, 3.63) is 34.4 Å². The number of benzene rings is 1. The zero-order valence-corrected chi connectivity index (χ0v) is 9.16. The van der Waals surface area contributed by atoms with Gasteiger partial charge in [0.1, 0.15) is 0 Å². The lowest BCUT2D eigenvalue weighted by molar-refractivity contribution is 0.176. The summed E-state index contributed by atoms with van der Waals surface area (Å²) in [5, 5.41) is 10.8. The van der Waals surface area contributed by atoms with Crippen LogP contribution in [0.15, 0.2) is 28.7 Å². The van der Waals surface area contributed by atoms with Gasteiger partial charge in [0, 0.05) is 28.5 Å². The Morgan fingerprint density at radius 1 is 1.43 bits per heavy atom. The number of para-hydroxylation sites is 1. The van der Waals surface area contributed by atoms with Crippen LogP contribution in [0, 0.1) is 0 Å². The molecule has 0 fully saturated rings. The predicted molar refractivity (Wildman–Crippen MR) is 59.3 cm³/mol. The van der Waals surface area contributed by atoms with E-state index in [1.807, 2.05) is 12.1 Å². The maximum absolute atomic E-state index is 9.55. The van der Waals surface area contributed by atoms with Crippen molar-refractivity contribution in [2.75, 3.05) is 0 Å². The molecule has 72 valence electrons. The lowest BCUT2D eigenvalue weighted by Gasteiger charge is -2.03. The van der Waals surface area contributed by atoms with Gasteiger partial charge in [-0.2, -0.15) is 0 Å². The summed E-state index contributed by atoms with van der Waals surface area (Å²) in [5.74, 6) is 0. The zero-order valence-electron chi connectivity index (χ0n) is 7.57. The van der Waals surface area contributed by atoms with Crippen LogP contribution in [-0.4, -0.2) is 15.8 Å². The minimum Gasteiger partial charge on any atom is -0.391 e. The van der Waals surface area contributed by atoms with Crippen molar-refractivity contribution in [3.63, 3.8) is 0 Å². The molecule has 2 nitrogen and oxygen atoms in total. The highest BCUT2D eigenvalue weighted by molar-refractivity contribution is 9.10. The fraction of sp³-hybridized carbons (Fsp3) is 0.273. The summed E-state index contributed by atoms with van der Waals surface area (Å²) in [4.78, 5) is 0. The SMILES string of the molecule is OC1Cc2cc3cccc(Br)c3n2C1. The molecule has 1 aliphatic heterocycles. The molecular formula is C11H10BrNO. The molecule has 3 rings (SSSR count). The Morgan fingerprint density at radius 3 is 3.14 bits per heavy atom. The van der Waals surface area contributed by atoms with Gasteiger partial charge in [0.05, 0.1) is 11.6 Å². The van der Waals surface area contributed by atoms with E-state index >= 15 is 0 Å². The monoisotopic (exact) mass is 251 g/mol. The first kappa shape index (κ1) is 8.50. The minimum absolute atomic E-state index is 0.207. The molecule has 2 heterocycles. The third-order valence-corrected chi connectivity index (χ3v) is 3.43. The van der Waals surface area contributed by atoms with Crippen molar-refractivity contribution in [2.24, 2.45) is 0 Å². The highest BCUT2D eigenvalue weighted by Gasteiger charge is 2.22. The quantitative estimate of drug-likeness (QED) is 0.764. The number of fused-ring (bicyclic) bond motifs is 3. The van der Waals surface area contributed by atoms with Gasteiger partial charge in [-0.3, -0.25) is 0 Å². The lowest BCUT2D eigenvalue weighted by atomic mass is 10.2. The van der Waals surface area contributed by atoms with Gasteiger partial charge in [-0.15, -0.1) is 0 Å². The van der Waals surface area contributed by atoms with E-state index in [-0.39, 0.29) is 6.10 Å². The standard InChI is InChI=1S/C11H10BrNO/c12-10-3-1-2-7-4-8-5-9(14)6-13(8)11(7)10/h1-4,9,14H,5-6H2. The van der Waals surface area contributed by atoms with Crippen molar-refractivity contribution < 1.29 is 5.11 Å². The first-order valence-electron chi connectivity index (χ1n) is 4.70. The summed E-state index contributed by atoms with van der Waals surface area (Å²) in [7, 11) is 0. The molecule has 1 N–H and O–H groups in total. The third-order valence-electron chi connectivity index (χ3n) is 2.79. The maximum Gasteiger partial charge on any atom is 0.0773 e. The summed E-state index contributed by atoms with van der Waals surface area (Å²) in [6.07, 6.45) is 0.572. The second-order valence-electron chi connectivity index (χ2n) is 3.78. The van der Waals surface area contributed by atoms with E-state index in [9.17, 15) is 5.11 Å². The zero-order chi connectivity index (χ0) is 9.71. The average Bonchev–Trinajstić information content (AvgIpc) is 2.60. The number of aliphatic hydroxyl groups excluding tert-OH is 1. The molecule has 0 amide bonds. The van der Waals surface area contributed by atoms with Crippen molar-refractivity contribution in [1.82, 2.24) is 4.57 Å². The molecule has 1 unspecified atom stereocenters. The molecular weight excluding hydrogens is 242 g/mol. The van der Waals surface area contributed by atoms with Gasteiger partial charge in [-0.25, -0.2) is 0 Å². The Morgan fingerprint density at radius 2 is 2.29 bits per heavy atom. The van der Waals surface area contributed by atoms with E-state index in [0.29, 0.717) is 0 Å². The first-order valence-corrected chi connectivity index (χ1v) is 5.50. The number of aromatic nitrogens is 1. The number of rotatable bonds is 0. The van der Waals surface area contributed by atoms with Crippen molar-refractivity contribution in [3.8, 4) is 0 Å². The first-order chi connectivity index (χ1) is 6.75. The highest BCUT2D eigenvalue weighted by Crippen LogP contribution is 2.31. The summed E-state index contributed by atoms with van der Waals surface area (Å²) < 4.78 is 3.31. The third kappa shape index (κ3) is 1.06. The summed E-state index contributed by atoms with van der Waals surface area (Å²) >= 11 is 3.55. The lowest BCUT2D eigenvalue weighted by Crippen LogP contribution is -2.07. The normalized spacial score (nSPS) is 20.3. The number of nitrogens with zero attached hydrogens (tertiary/aromatic N) is 1. The van der Waals surface area contributed by atoms with Crippen LogP contribution in [0.4, 0.5) is 0 Å². The molecule has 0 saturated heterocycles. The van der Waals surface area contributed by atoms with E-state index in [1.54, 1.807) is 0 Å². The van der Waals surface area contributed by atoms with Crippen LogP contribution in [0.2, 0.25) is 0 Å². The Balaban J connectivity index is 2.35. The number of hydrogen-bond acceptors (Lipinski definition) is 1. The minimum atomic E-state index is -0.207. The molecule has 1 aliphatic rings. The predicted octanol–water partition coefficient (Wildman–Crippen LogP) is 2.32. The van der Waals surface area contributed by atoms with Crippen LogP contribution < -0.4 is 0 Å². The Labute approximate surface area is 90.3 Å². The van der Waals surface area contributed by atoms with Crippen LogP contribution >= 0.6 is 15.9 Å². The van der Waals surface area contributed by atoms with Crippen LogP contribution in [0.25, 0.3) is 10.9 Å². The molecule has 2 aromatic rings. The second kappa shape index (κ2) is 2.84. The van der Waals surface area contributed by atoms with Crippen LogP contribution in [0.5, 0.6) is 0 Å². The maximum atomic E-state index is 9.55. The van der Waals surface area contributed by atoms with E-state index in [1.165, 1.54) is 16.6 Å². The van der Waals surface area contributed by atoms with Crippen LogP contribution in [-0.2, 0) is 13.0 Å². The van der Waals surface area contributed by atoms with E-state index in [2.05, 4.69) is 32.6 Å². The Bertz CT molecular complexity index is 503. The molecule has 3 heteroatoms. The number of halogens is 1. The molecule has 0 saturated carbocycles. The van der Waals surface area contributed by atoms with E-state index in [0.717, 1.165) is 17.4 Å². The molecule has 0 spiro atoms. The molecule has 14 heavy (non-hydrogen) atoms. The second-order valence-corrected chi connectivity index (χ2v) is 4.64. The average molecular weight is 252 g/mol. The smallest absolute Gasteiger partial charge is 0.0773 e. The van der Waals surface area contributed by atoms with Crippen LogP contribution in [0.3, 0.4) is 0 Å². The van der Waals surface area contributed by atoms with E-state index in [4.69, 9.17) is 0 Å². The van der Waals surface area contributed by atoms with Gasteiger partial charge in [-0.1, -0.05) is 12.1 Å². The van der Waals surface area contributed by atoms with Gasteiger partial charge in [0.25, 0.3) is 0 Å². The highest BCUT2D eigenvalue weighted by atomic mass is 79.9. The molecule has 0 aliphatic carbocycles. The fourth-order valence-electron chi connectivity index (χ4n) is 2.23. The summed E-state index contributed by atoms with van der Waals surface area (Å²) in [5.41, 5.74) is 2.44. The van der Waals surface area contributed by atoms with Gasteiger partial charge in [0.15, 0.2) is 0 Å². The Hall–Kier alpha value is -0.800. The summed E-state index contributed by atoms with van der Waals surface area (Å²) in [6, 6.07) is 8.35. The van der Waals surface area contributed by atoms with Crippen molar-refractivity contribution in [2.45, 2.75) is 19.1 Å². The Kier molecular flexibility index (Phi) is 1.73. The van der Waals surface area contributed by atoms with Gasteiger partial charge in [0.2, 0.25) is 0 Å². The molecule has 1 atom stereocenters. The largest absolute Gasteiger partial charge is 0.391 e. The molecule has 1 aromatic heterocycles. The summed E-state index contributed by atoms with van der Waals surface area (Å²) in [6.45, 7) is 0.724. The van der Waals surface area contributed by atoms with Gasteiger partial charge >= 0.3 is 0 Å². The molecule has 0 bridgehead atoms. The number of aliphatic hydroxyl groups is 1. The van der Waals surface area contributed by atoms with Gasteiger partial charge in [-0.05, 0) is 28.1 Å². The van der Waals surface area contributed by atoms with Crippen LogP contribution in [0.1, 0.15) is 5.69 Å². The van der Waals surface area contributed by atoms with Gasteiger partial charge < -0.3 is 9.67 Å². The molecule has 1 aromatic carbocycles. The van der Waals surface area contributed by atoms with Crippen molar-refractivity contribution in [1.29, 1.82) is 0 Å². The van der Waals surface area contributed by atoms with E-state index < -0.39 is 0 Å². The fourth-order valence-corrected chi connectivity index (χ4v) is 2.82. The molecule has 0 radical (unpaired) electrons. The van der Waals surface area contributed by atoms with Crippen molar-refractivity contribution >= 4 is 26.8 Å². The topological polar surface area (TPSA) is 25.2 Å².